The van der Waals surface area contributed by atoms with Gasteiger partial charge in [-0.05, 0) is 56.1 Å². The number of benzene rings is 3. The van der Waals surface area contributed by atoms with Crippen molar-refractivity contribution in [2.45, 2.75) is 6.54 Å². The predicted molar refractivity (Wildman–Crippen MR) is 144 cm³/mol. The van der Waals surface area contributed by atoms with Gasteiger partial charge in [-0.3, -0.25) is 9.59 Å². The number of anilines is 3. The average Bonchev–Trinajstić information content (AvgIpc) is 3.12. The third-order valence-corrected chi connectivity index (χ3v) is 6.14. The highest BCUT2D eigenvalue weighted by Crippen LogP contribution is 2.39. The van der Waals surface area contributed by atoms with Crippen molar-refractivity contribution in [1.29, 1.82) is 0 Å². The van der Waals surface area contributed by atoms with Crippen LogP contribution in [0.2, 0.25) is 0 Å². The van der Waals surface area contributed by atoms with Crippen LogP contribution in [0.5, 0.6) is 0 Å². The van der Waals surface area contributed by atoms with E-state index >= 15 is 0 Å². The zero-order valence-corrected chi connectivity index (χ0v) is 21.4. The molecular weight excluding hydrogens is 508 g/mol. The number of likely N-dealkylation sites (N-methyl/N-ethyl adjacent to an activating group) is 1. The molecule has 8 heteroatoms. The molecule has 3 aromatic carbocycles. The highest BCUT2D eigenvalue weighted by molar-refractivity contribution is 9.10. The van der Waals surface area contributed by atoms with E-state index in [1.807, 2.05) is 68.7 Å². The minimum absolute atomic E-state index is 0.131. The smallest absolute Gasteiger partial charge is 0.323 e. The lowest BCUT2D eigenvalue weighted by Gasteiger charge is -2.20. The van der Waals surface area contributed by atoms with E-state index in [1.165, 1.54) is 5.56 Å². The molecule has 1 heterocycles. The fourth-order valence-electron chi connectivity index (χ4n) is 4.07. The van der Waals surface area contributed by atoms with Crippen molar-refractivity contribution in [3.63, 3.8) is 0 Å². The van der Waals surface area contributed by atoms with Crippen LogP contribution in [0.3, 0.4) is 0 Å². The molecule has 0 aliphatic carbocycles. The Morgan fingerprint density at radius 2 is 1.77 bits per heavy atom. The Morgan fingerprint density at radius 1 is 1.03 bits per heavy atom. The first kappa shape index (κ1) is 24.5. The monoisotopic (exact) mass is 534 g/mol. The van der Waals surface area contributed by atoms with Crippen LogP contribution in [0, 0.1) is 0 Å². The van der Waals surface area contributed by atoms with Gasteiger partial charge in [0.05, 0.1) is 17.0 Å². The predicted octanol–water partition coefficient (Wildman–Crippen LogP) is 4.96. The molecule has 35 heavy (non-hydrogen) atoms. The van der Waals surface area contributed by atoms with Crippen LogP contribution in [0.1, 0.15) is 16.7 Å². The Balaban J connectivity index is 1.81. The Labute approximate surface area is 213 Å². The standard InChI is InChI=1S/C27H27BrN4O3/c1-31(2)15-17-7-10-20(11-8-17)29-26(18-5-4-6-21(13-18)32(3)16-24(33)34)25-22-12-9-19(28)14-23(22)30-27(25)35/h4-14,29H,15-16H2,1-3H3,(H,30,35)(H,33,34)/b26-25-. The second kappa shape index (κ2) is 10.3. The first-order valence-corrected chi connectivity index (χ1v) is 11.9. The number of carboxylic acid groups (broad SMARTS) is 1. The van der Waals surface area contributed by atoms with E-state index in [9.17, 15) is 14.7 Å². The van der Waals surface area contributed by atoms with Crippen molar-refractivity contribution in [3.8, 4) is 0 Å². The highest BCUT2D eigenvalue weighted by atomic mass is 79.9. The maximum Gasteiger partial charge on any atom is 0.323 e. The van der Waals surface area contributed by atoms with Crippen LogP contribution in [0.4, 0.5) is 17.1 Å². The number of carbonyl (C=O) groups is 2. The zero-order chi connectivity index (χ0) is 25.1. The van der Waals surface area contributed by atoms with Crippen LogP contribution < -0.4 is 15.5 Å². The third-order valence-electron chi connectivity index (χ3n) is 5.65. The molecule has 1 amide bonds. The van der Waals surface area contributed by atoms with E-state index in [0.717, 1.165) is 39.2 Å². The maximum absolute atomic E-state index is 13.2. The van der Waals surface area contributed by atoms with Gasteiger partial charge in [0.1, 0.15) is 6.54 Å². The van der Waals surface area contributed by atoms with Crippen LogP contribution >= 0.6 is 15.9 Å². The lowest BCUT2D eigenvalue weighted by Crippen LogP contribution is -2.25. The Hall–Kier alpha value is -3.62. The average molecular weight is 535 g/mol. The summed E-state index contributed by atoms with van der Waals surface area (Å²) in [6.07, 6.45) is 0. The largest absolute Gasteiger partial charge is 0.480 e. The summed E-state index contributed by atoms with van der Waals surface area (Å²) in [6.45, 7) is 0.699. The molecule has 0 radical (unpaired) electrons. The topological polar surface area (TPSA) is 84.9 Å². The van der Waals surface area contributed by atoms with E-state index in [-0.39, 0.29) is 12.5 Å². The number of nitrogens with zero attached hydrogens (tertiary/aromatic N) is 2. The van der Waals surface area contributed by atoms with E-state index in [1.54, 1.807) is 11.9 Å². The summed E-state index contributed by atoms with van der Waals surface area (Å²) < 4.78 is 0.876. The summed E-state index contributed by atoms with van der Waals surface area (Å²) in [6, 6.07) is 21.3. The molecule has 0 bridgehead atoms. The summed E-state index contributed by atoms with van der Waals surface area (Å²) in [5.74, 6) is -1.11. The molecule has 3 aromatic rings. The summed E-state index contributed by atoms with van der Waals surface area (Å²) in [7, 11) is 5.78. The van der Waals surface area contributed by atoms with Gasteiger partial charge in [-0.1, -0.05) is 46.3 Å². The van der Waals surface area contributed by atoms with E-state index < -0.39 is 5.97 Å². The lowest BCUT2D eigenvalue weighted by atomic mass is 9.99. The molecule has 3 N–H and O–H groups in total. The van der Waals surface area contributed by atoms with Crippen LogP contribution in [-0.2, 0) is 16.1 Å². The van der Waals surface area contributed by atoms with Gasteiger partial charge >= 0.3 is 5.97 Å². The number of rotatable bonds is 8. The summed E-state index contributed by atoms with van der Waals surface area (Å²) in [5.41, 5.74) is 6.25. The number of aliphatic carboxylic acids is 1. The second-order valence-electron chi connectivity index (χ2n) is 8.75. The summed E-state index contributed by atoms with van der Waals surface area (Å²) in [5, 5.41) is 15.6. The zero-order valence-electron chi connectivity index (χ0n) is 19.8. The van der Waals surface area contributed by atoms with Gasteiger partial charge in [-0.2, -0.15) is 0 Å². The number of halogens is 1. The van der Waals surface area contributed by atoms with Crippen LogP contribution in [-0.4, -0.2) is 49.6 Å². The molecule has 0 atom stereocenters. The molecule has 0 saturated heterocycles. The fraction of sp³-hybridized carbons (Fsp3) is 0.185. The van der Waals surface area contributed by atoms with Crippen LogP contribution in [0.25, 0.3) is 11.3 Å². The van der Waals surface area contributed by atoms with Crippen molar-refractivity contribution in [2.75, 3.05) is 43.2 Å². The molecule has 1 aliphatic rings. The molecule has 1 aliphatic heterocycles. The van der Waals surface area contributed by atoms with Gasteiger partial charge in [0.15, 0.2) is 0 Å². The lowest BCUT2D eigenvalue weighted by molar-refractivity contribution is -0.135. The Bertz CT molecular complexity index is 1300. The van der Waals surface area contributed by atoms with Crippen molar-refractivity contribution in [3.05, 3.63) is 87.9 Å². The van der Waals surface area contributed by atoms with E-state index in [4.69, 9.17) is 0 Å². The molecular formula is C27H27BrN4O3. The number of carbonyl (C=O) groups excluding carboxylic acids is 1. The van der Waals surface area contributed by atoms with Crippen molar-refractivity contribution in [1.82, 2.24) is 4.90 Å². The molecule has 0 spiro atoms. The first-order chi connectivity index (χ1) is 16.7. The first-order valence-electron chi connectivity index (χ1n) is 11.1. The molecule has 180 valence electrons. The fourth-order valence-corrected chi connectivity index (χ4v) is 4.43. The number of hydrogen-bond donors (Lipinski definition) is 3. The number of hydrogen-bond acceptors (Lipinski definition) is 5. The Morgan fingerprint density at radius 3 is 2.46 bits per heavy atom. The minimum Gasteiger partial charge on any atom is -0.480 e. The van der Waals surface area contributed by atoms with Gasteiger partial charge in [0.25, 0.3) is 5.91 Å². The molecule has 0 aromatic heterocycles. The molecule has 4 rings (SSSR count). The molecule has 0 saturated carbocycles. The molecule has 7 nitrogen and oxygen atoms in total. The second-order valence-corrected chi connectivity index (χ2v) is 9.67. The van der Waals surface area contributed by atoms with E-state index in [2.05, 4.69) is 43.6 Å². The van der Waals surface area contributed by atoms with Gasteiger partial charge in [0, 0.05) is 40.6 Å². The van der Waals surface area contributed by atoms with Crippen molar-refractivity contribution >= 4 is 56.1 Å². The van der Waals surface area contributed by atoms with Gasteiger partial charge in [0.2, 0.25) is 0 Å². The maximum atomic E-state index is 13.2. The number of carboxylic acids is 1. The number of fused-ring (bicyclic) bond motifs is 1. The SMILES string of the molecule is CN(C)Cc1ccc(N/C(=C2\C(=O)Nc3cc(Br)ccc32)c2cccc(N(C)CC(=O)O)c2)cc1. The Kier molecular flexibility index (Phi) is 7.23. The summed E-state index contributed by atoms with van der Waals surface area (Å²) in [4.78, 5) is 28.2. The highest BCUT2D eigenvalue weighted by Gasteiger charge is 2.29. The van der Waals surface area contributed by atoms with Crippen molar-refractivity contribution in [2.24, 2.45) is 0 Å². The normalized spacial score (nSPS) is 13.9. The summed E-state index contributed by atoms with van der Waals surface area (Å²) >= 11 is 3.47. The number of nitrogens with one attached hydrogen (secondary N) is 2. The van der Waals surface area contributed by atoms with Crippen LogP contribution in [0.15, 0.2) is 71.2 Å². The quantitative estimate of drug-likeness (QED) is 0.354. The van der Waals surface area contributed by atoms with E-state index in [0.29, 0.717) is 11.3 Å². The van der Waals surface area contributed by atoms with Gasteiger partial charge in [-0.25, -0.2) is 0 Å². The molecule has 0 unspecified atom stereocenters. The third kappa shape index (κ3) is 5.72. The minimum atomic E-state index is -0.915. The van der Waals surface area contributed by atoms with Gasteiger partial charge in [-0.15, -0.1) is 0 Å². The molecule has 0 fully saturated rings. The van der Waals surface area contributed by atoms with Gasteiger partial charge < -0.3 is 25.5 Å². The van der Waals surface area contributed by atoms with Crippen molar-refractivity contribution < 1.29 is 14.7 Å². The number of amides is 1.